The number of benzene rings is 1. The molecular weight excluding hydrogens is 250 g/mol. The van der Waals surface area contributed by atoms with E-state index >= 15 is 0 Å². The highest BCUT2D eigenvalue weighted by Crippen LogP contribution is 2.14. The molecule has 4 heteroatoms. The van der Waals surface area contributed by atoms with Gasteiger partial charge < -0.3 is 5.32 Å². The second-order valence-electron chi connectivity index (χ2n) is 5.14. The fraction of sp³-hybridized carbons (Fsp3) is 0.375. The molecule has 4 nitrogen and oxygen atoms in total. The lowest BCUT2D eigenvalue weighted by molar-refractivity contribution is -0.121. The standard InChI is InChI=1S/C16H21N3O/c1-12(10-16(20)17-2)19(3)11-14-9-8-13-6-4-5-7-15(13)18-14/h4-9,12H,10-11H2,1-3H3,(H,17,20)/t12-/m1/s1. The Morgan fingerprint density at radius 2 is 2.05 bits per heavy atom. The summed E-state index contributed by atoms with van der Waals surface area (Å²) in [6, 6.07) is 12.4. The second-order valence-corrected chi connectivity index (χ2v) is 5.14. The molecule has 1 aromatic carbocycles. The van der Waals surface area contributed by atoms with Crippen LogP contribution < -0.4 is 5.32 Å². The molecule has 0 saturated carbocycles. The third kappa shape index (κ3) is 3.54. The van der Waals surface area contributed by atoms with Crippen molar-refractivity contribution in [1.29, 1.82) is 0 Å². The van der Waals surface area contributed by atoms with E-state index in [2.05, 4.69) is 34.3 Å². The Bertz CT molecular complexity index is 597. The number of nitrogens with one attached hydrogen (secondary N) is 1. The largest absolute Gasteiger partial charge is 0.359 e. The molecule has 1 aromatic heterocycles. The van der Waals surface area contributed by atoms with E-state index in [-0.39, 0.29) is 11.9 Å². The molecule has 2 aromatic rings. The lowest BCUT2D eigenvalue weighted by Crippen LogP contribution is -2.34. The third-order valence-corrected chi connectivity index (χ3v) is 3.58. The highest BCUT2D eigenvalue weighted by Gasteiger charge is 2.13. The van der Waals surface area contributed by atoms with E-state index in [1.54, 1.807) is 7.05 Å². The lowest BCUT2D eigenvalue weighted by atomic mass is 10.1. The van der Waals surface area contributed by atoms with Crippen LogP contribution in [0.25, 0.3) is 10.9 Å². The number of hydrogen-bond donors (Lipinski definition) is 1. The summed E-state index contributed by atoms with van der Waals surface area (Å²) < 4.78 is 0. The van der Waals surface area contributed by atoms with Gasteiger partial charge in [-0.3, -0.25) is 14.7 Å². The van der Waals surface area contributed by atoms with Gasteiger partial charge in [-0.1, -0.05) is 24.3 Å². The maximum Gasteiger partial charge on any atom is 0.221 e. The molecule has 1 N–H and O–H groups in total. The number of aromatic nitrogens is 1. The van der Waals surface area contributed by atoms with Crippen molar-refractivity contribution < 1.29 is 4.79 Å². The summed E-state index contributed by atoms with van der Waals surface area (Å²) in [4.78, 5) is 18.2. The molecule has 0 aliphatic heterocycles. The predicted molar refractivity (Wildman–Crippen MR) is 81.4 cm³/mol. The topological polar surface area (TPSA) is 45.2 Å². The van der Waals surface area contributed by atoms with Crippen molar-refractivity contribution in [2.24, 2.45) is 0 Å². The van der Waals surface area contributed by atoms with E-state index in [0.717, 1.165) is 23.1 Å². The van der Waals surface area contributed by atoms with Gasteiger partial charge in [-0.05, 0) is 26.1 Å². The molecule has 1 atom stereocenters. The molecule has 2 rings (SSSR count). The van der Waals surface area contributed by atoms with E-state index in [9.17, 15) is 4.79 Å². The van der Waals surface area contributed by atoms with Crippen LogP contribution in [-0.2, 0) is 11.3 Å². The Kier molecular flexibility index (Phi) is 4.69. The van der Waals surface area contributed by atoms with Gasteiger partial charge >= 0.3 is 0 Å². The van der Waals surface area contributed by atoms with E-state index in [1.165, 1.54) is 0 Å². The number of pyridine rings is 1. The van der Waals surface area contributed by atoms with Crippen LogP contribution >= 0.6 is 0 Å². The smallest absolute Gasteiger partial charge is 0.221 e. The minimum absolute atomic E-state index is 0.0656. The number of amides is 1. The van der Waals surface area contributed by atoms with E-state index in [4.69, 9.17) is 0 Å². The summed E-state index contributed by atoms with van der Waals surface area (Å²) in [6.45, 7) is 2.79. The van der Waals surface area contributed by atoms with Crippen molar-refractivity contribution in [3.63, 3.8) is 0 Å². The molecule has 0 unspecified atom stereocenters. The van der Waals surface area contributed by atoms with Crippen LogP contribution in [0, 0.1) is 0 Å². The van der Waals surface area contributed by atoms with Crippen LogP contribution in [0.15, 0.2) is 36.4 Å². The maximum atomic E-state index is 11.4. The first kappa shape index (κ1) is 14.5. The zero-order valence-electron chi connectivity index (χ0n) is 12.3. The number of hydrogen-bond acceptors (Lipinski definition) is 3. The van der Waals surface area contributed by atoms with Crippen molar-refractivity contribution in [3.8, 4) is 0 Å². The highest BCUT2D eigenvalue weighted by atomic mass is 16.1. The van der Waals surface area contributed by atoms with Crippen molar-refractivity contribution in [2.45, 2.75) is 25.9 Å². The molecule has 0 bridgehead atoms. The van der Waals surface area contributed by atoms with E-state index in [0.29, 0.717) is 6.42 Å². The third-order valence-electron chi connectivity index (χ3n) is 3.58. The van der Waals surface area contributed by atoms with Gasteiger partial charge in [0.25, 0.3) is 0 Å². The molecule has 0 aliphatic rings. The molecule has 1 amide bonds. The van der Waals surface area contributed by atoms with E-state index < -0.39 is 0 Å². The quantitative estimate of drug-likeness (QED) is 0.906. The number of para-hydroxylation sites is 1. The normalized spacial score (nSPS) is 12.6. The molecule has 0 radical (unpaired) electrons. The Morgan fingerprint density at radius 1 is 1.30 bits per heavy atom. The summed E-state index contributed by atoms with van der Waals surface area (Å²) in [5.74, 6) is 0.0656. The summed E-state index contributed by atoms with van der Waals surface area (Å²) >= 11 is 0. The van der Waals surface area contributed by atoms with Gasteiger partial charge in [0.15, 0.2) is 0 Å². The zero-order chi connectivity index (χ0) is 14.5. The number of rotatable bonds is 5. The fourth-order valence-electron chi connectivity index (χ4n) is 2.13. The molecule has 0 aliphatic carbocycles. The average molecular weight is 271 g/mol. The fourth-order valence-corrected chi connectivity index (χ4v) is 2.13. The lowest BCUT2D eigenvalue weighted by Gasteiger charge is -2.23. The first-order chi connectivity index (χ1) is 9.60. The average Bonchev–Trinajstić information content (AvgIpc) is 2.46. The Balaban J connectivity index is 2.05. The van der Waals surface area contributed by atoms with Gasteiger partial charge in [-0.2, -0.15) is 0 Å². The van der Waals surface area contributed by atoms with Gasteiger partial charge in [0.1, 0.15) is 0 Å². The van der Waals surface area contributed by atoms with Crippen molar-refractivity contribution in [2.75, 3.05) is 14.1 Å². The molecule has 20 heavy (non-hydrogen) atoms. The first-order valence-corrected chi connectivity index (χ1v) is 6.85. The summed E-state index contributed by atoms with van der Waals surface area (Å²) in [6.07, 6.45) is 0.501. The number of carbonyl (C=O) groups excluding carboxylic acids is 1. The van der Waals surface area contributed by atoms with Crippen LogP contribution in [0.5, 0.6) is 0 Å². The number of carbonyl (C=O) groups is 1. The summed E-state index contributed by atoms with van der Waals surface area (Å²) in [5.41, 5.74) is 2.03. The highest BCUT2D eigenvalue weighted by molar-refractivity contribution is 5.78. The van der Waals surface area contributed by atoms with Gasteiger partial charge in [-0.25, -0.2) is 0 Å². The van der Waals surface area contributed by atoms with Crippen molar-refractivity contribution in [1.82, 2.24) is 15.2 Å². The van der Waals surface area contributed by atoms with Crippen LogP contribution in [0.2, 0.25) is 0 Å². The monoisotopic (exact) mass is 271 g/mol. The van der Waals surface area contributed by atoms with Gasteiger partial charge in [0, 0.05) is 31.4 Å². The summed E-state index contributed by atoms with van der Waals surface area (Å²) in [5, 5.41) is 3.81. The van der Waals surface area contributed by atoms with E-state index in [1.807, 2.05) is 31.3 Å². The SMILES string of the molecule is CNC(=O)C[C@@H](C)N(C)Cc1ccc2ccccc2n1. The Morgan fingerprint density at radius 3 is 2.80 bits per heavy atom. The van der Waals surface area contributed by atoms with Crippen LogP contribution in [0.1, 0.15) is 19.0 Å². The molecule has 1 heterocycles. The van der Waals surface area contributed by atoms with Gasteiger partial charge in [0.2, 0.25) is 5.91 Å². The maximum absolute atomic E-state index is 11.4. The number of nitrogens with zero attached hydrogens (tertiary/aromatic N) is 2. The Hall–Kier alpha value is -1.94. The minimum atomic E-state index is 0.0656. The van der Waals surface area contributed by atoms with Crippen LogP contribution in [0.3, 0.4) is 0 Å². The Labute approximate surface area is 119 Å². The van der Waals surface area contributed by atoms with Gasteiger partial charge in [0.05, 0.1) is 11.2 Å². The summed E-state index contributed by atoms with van der Waals surface area (Å²) in [7, 11) is 3.68. The first-order valence-electron chi connectivity index (χ1n) is 6.85. The molecule has 106 valence electrons. The number of fused-ring (bicyclic) bond motifs is 1. The molecule has 0 spiro atoms. The predicted octanol–water partition coefficient (Wildman–Crippen LogP) is 2.19. The molecule has 0 fully saturated rings. The minimum Gasteiger partial charge on any atom is -0.359 e. The second kappa shape index (κ2) is 6.48. The molecular formula is C16H21N3O. The van der Waals surface area contributed by atoms with Crippen molar-refractivity contribution in [3.05, 3.63) is 42.1 Å². The van der Waals surface area contributed by atoms with Crippen molar-refractivity contribution >= 4 is 16.8 Å². The van der Waals surface area contributed by atoms with Crippen LogP contribution in [-0.4, -0.2) is 35.9 Å². The zero-order valence-corrected chi connectivity index (χ0v) is 12.3. The molecule has 0 saturated heterocycles. The van der Waals surface area contributed by atoms with Gasteiger partial charge in [-0.15, -0.1) is 0 Å². The van der Waals surface area contributed by atoms with Crippen LogP contribution in [0.4, 0.5) is 0 Å².